The van der Waals surface area contributed by atoms with Gasteiger partial charge in [0, 0.05) is 22.2 Å². The molecule has 2 aromatic rings. The lowest BCUT2D eigenvalue weighted by Gasteiger charge is -2.03. The first-order chi connectivity index (χ1) is 10.9. The van der Waals surface area contributed by atoms with Crippen LogP contribution in [0.2, 0.25) is 0 Å². The molecule has 0 heterocycles. The molecule has 0 unspecified atom stereocenters. The van der Waals surface area contributed by atoms with E-state index in [1.807, 2.05) is 0 Å². The summed E-state index contributed by atoms with van der Waals surface area (Å²) in [6, 6.07) is 7.73. The van der Waals surface area contributed by atoms with Gasteiger partial charge in [0.2, 0.25) is 0 Å². The number of benzene rings is 2. The Labute approximate surface area is 138 Å². The Morgan fingerprint density at radius 1 is 1.22 bits per heavy atom. The molecule has 0 spiro atoms. The number of hydrazone groups is 1. The van der Waals surface area contributed by atoms with Gasteiger partial charge in [0.1, 0.15) is 11.5 Å². The van der Waals surface area contributed by atoms with Crippen molar-refractivity contribution < 1.29 is 19.9 Å². The molecule has 8 nitrogen and oxygen atoms in total. The molecule has 0 saturated heterocycles. The average molecular weight is 380 g/mol. The molecule has 2 rings (SSSR count). The summed E-state index contributed by atoms with van der Waals surface area (Å²) in [7, 11) is 0. The molecule has 9 heteroatoms. The standard InChI is InChI=1S/C14H10BrN3O5/c15-9-1-3-13(20)11(6-9)14(21)17-16-7-8-5-10(18(22)23)2-4-12(8)19/h1-7,19-20H,(H,17,21)/b16-7-. The van der Waals surface area contributed by atoms with Crippen LogP contribution in [0.15, 0.2) is 46.0 Å². The van der Waals surface area contributed by atoms with Crippen molar-refractivity contribution in [3.8, 4) is 11.5 Å². The third kappa shape index (κ3) is 4.04. The van der Waals surface area contributed by atoms with Crippen molar-refractivity contribution in [3.05, 3.63) is 62.1 Å². The summed E-state index contributed by atoms with van der Waals surface area (Å²) in [5.41, 5.74) is 2.01. The third-order valence-corrected chi connectivity index (χ3v) is 3.29. The average Bonchev–Trinajstić information content (AvgIpc) is 2.51. The minimum Gasteiger partial charge on any atom is -0.507 e. The van der Waals surface area contributed by atoms with Crippen LogP contribution in [0, 0.1) is 10.1 Å². The van der Waals surface area contributed by atoms with Gasteiger partial charge in [-0.15, -0.1) is 0 Å². The Balaban J connectivity index is 2.15. The summed E-state index contributed by atoms with van der Waals surface area (Å²) in [6.07, 6.45) is 1.06. The summed E-state index contributed by atoms with van der Waals surface area (Å²) in [4.78, 5) is 22.0. The second kappa shape index (κ2) is 6.88. The van der Waals surface area contributed by atoms with Gasteiger partial charge in [0.05, 0.1) is 16.7 Å². The van der Waals surface area contributed by atoms with E-state index < -0.39 is 10.8 Å². The van der Waals surface area contributed by atoms with Gasteiger partial charge >= 0.3 is 0 Å². The van der Waals surface area contributed by atoms with Crippen LogP contribution in [0.4, 0.5) is 5.69 Å². The topological polar surface area (TPSA) is 125 Å². The van der Waals surface area contributed by atoms with E-state index in [1.54, 1.807) is 6.07 Å². The molecule has 0 bridgehead atoms. The predicted molar refractivity (Wildman–Crippen MR) is 85.6 cm³/mol. The highest BCUT2D eigenvalue weighted by molar-refractivity contribution is 9.10. The summed E-state index contributed by atoms with van der Waals surface area (Å²) in [5.74, 6) is -1.12. The molecule has 0 radical (unpaired) electrons. The molecular weight excluding hydrogens is 370 g/mol. The number of carbonyl (C=O) groups excluding carboxylic acids is 1. The van der Waals surface area contributed by atoms with Gasteiger partial charge < -0.3 is 10.2 Å². The minimum absolute atomic E-state index is 0.000195. The number of aromatic hydroxyl groups is 2. The first-order valence-electron chi connectivity index (χ1n) is 6.18. The van der Waals surface area contributed by atoms with Crippen LogP contribution in [-0.2, 0) is 0 Å². The van der Waals surface area contributed by atoms with Crippen LogP contribution >= 0.6 is 15.9 Å². The highest BCUT2D eigenvalue weighted by atomic mass is 79.9. The molecule has 0 aliphatic heterocycles. The number of nitro groups is 1. The van der Waals surface area contributed by atoms with Crippen molar-refractivity contribution >= 4 is 33.7 Å². The Kier molecular flexibility index (Phi) is 4.91. The smallest absolute Gasteiger partial charge is 0.275 e. The van der Waals surface area contributed by atoms with Gasteiger partial charge in [-0.05, 0) is 24.3 Å². The van der Waals surface area contributed by atoms with E-state index in [0.717, 1.165) is 24.4 Å². The minimum atomic E-state index is -0.676. The number of nitro benzene ring substituents is 1. The molecule has 0 saturated carbocycles. The number of nitrogens with one attached hydrogen (secondary N) is 1. The lowest BCUT2D eigenvalue weighted by Crippen LogP contribution is -2.17. The maximum atomic E-state index is 11.9. The second-order valence-corrected chi connectivity index (χ2v) is 5.28. The molecule has 2 aromatic carbocycles. The fraction of sp³-hybridized carbons (Fsp3) is 0. The molecule has 0 fully saturated rings. The number of phenolic OH excluding ortho intramolecular Hbond substituents is 2. The van der Waals surface area contributed by atoms with E-state index in [0.29, 0.717) is 4.47 Å². The van der Waals surface area contributed by atoms with Crippen LogP contribution in [0.25, 0.3) is 0 Å². The fourth-order valence-electron chi connectivity index (χ4n) is 1.67. The van der Waals surface area contributed by atoms with Crippen LogP contribution in [0.5, 0.6) is 11.5 Å². The molecule has 0 aromatic heterocycles. The van der Waals surface area contributed by atoms with E-state index in [4.69, 9.17) is 0 Å². The maximum absolute atomic E-state index is 11.9. The number of halogens is 1. The third-order valence-electron chi connectivity index (χ3n) is 2.79. The second-order valence-electron chi connectivity index (χ2n) is 4.36. The molecule has 0 aliphatic rings. The van der Waals surface area contributed by atoms with Crippen LogP contribution < -0.4 is 5.43 Å². The number of non-ortho nitro benzene ring substituents is 1. The number of hydrogen-bond donors (Lipinski definition) is 3. The molecule has 118 valence electrons. The number of rotatable bonds is 4. The highest BCUT2D eigenvalue weighted by Gasteiger charge is 2.11. The molecule has 1 amide bonds. The lowest BCUT2D eigenvalue weighted by molar-refractivity contribution is -0.384. The van der Waals surface area contributed by atoms with Crippen molar-refractivity contribution in [2.75, 3.05) is 0 Å². The van der Waals surface area contributed by atoms with E-state index in [9.17, 15) is 25.1 Å². The number of nitrogens with zero attached hydrogens (tertiary/aromatic N) is 2. The van der Waals surface area contributed by atoms with Crippen LogP contribution in [-0.4, -0.2) is 27.3 Å². The zero-order valence-corrected chi connectivity index (χ0v) is 13.0. The zero-order valence-electron chi connectivity index (χ0n) is 11.4. The van der Waals surface area contributed by atoms with Crippen LogP contribution in [0.1, 0.15) is 15.9 Å². The summed E-state index contributed by atoms with van der Waals surface area (Å²) < 4.78 is 0.598. The Morgan fingerprint density at radius 3 is 2.61 bits per heavy atom. The monoisotopic (exact) mass is 379 g/mol. The quantitative estimate of drug-likeness (QED) is 0.427. The zero-order chi connectivity index (χ0) is 17.0. The first kappa shape index (κ1) is 16.4. The molecule has 23 heavy (non-hydrogen) atoms. The summed E-state index contributed by atoms with van der Waals surface area (Å²) in [6.45, 7) is 0. The lowest BCUT2D eigenvalue weighted by atomic mass is 10.2. The van der Waals surface area contributed by atoms with Gasteiger partial charge in [-0.1, -0.05) is 15.9 Å². The molecule has 0 atom stereocenters. The van der Waals surface area contributed by atoms with Crippen molar-refractivity contribution in [3.63, 3.8) is 0 Å². The summed E-state index contributed by atoms with van der Waals surface area (Å²) in [5, 5.41) is 33.5. The number of carbonyl (C=O) groups is 1. The first-order valence-corrected chi connectivity index (χ1v) is 6.97. The number of amides is 1. The van der Waals surface area contributed by atoms with Gasteiger partial charge in [-0.2, -0.15) is 5.10 Å². The normalized spacial score (nSPS) is 10.7. The highest BCUT2D eigenvalue weighted by Crippen LogP contribution is 2.22. The van der Waals surface area contributed by atoms with Crippen molar-refractivity contribution in [2.45, 2.75) is 0 Å². The predicted octanol–water partition coefficient (Wildman–Crippen LogP) is 2.53. The van der Waals surface area contributed by atoms with E-state index in [-0.39, 0.29) is 28.3 Å². The van der Waals surface area contributed by atoms with Crippen LogP contribution in [0.3, 0.4) is 0 Å². The number of phenols is 2. The van der Waals surface area contributed by atoms with Gasteiger partial charge in [0.15, 0.2) is 0 Å². The van der Waals surface area contributed by atoms with E-state index in [1.165, 1.54) is 12.1 Å². The van der Waals surface area contributed by atoms with Crippen molar-refractivity contribution in [1.82, 2.24) is 5.43 Å². The number of hydrogen-bond acceptors (Lipinski definition) is 6. The Hall–Kier alpha value is -2.94. The fourth-order valence-corrected chi connectivity index (χ4v) is 2.03. The molecule has 3 N–H and O–H groups in total. The van der Waals surface area contributed by atoms with Gasteiger partial charge in [-0.3, -0.25) is 14.9 Å². The van der Waals surface area contributed by atoms with E-state index >= 15 is 0 Å². The van der Waals surface area contributed by atoms with Gasteiger partial charge in [0.25, 0.3) is 11.6 Å². The Bertz CT molecular complexity index is 807. The molecule has 0 aliphatic carbocycles. The largest absolute Gasteiger partial charge is 0.507 e. The summed E-state index contributed by atoms with van der Waals surface area (Å²) >= 11 is 3.17. The Morgan fingerprint density at radius 2 is 1.91 bits per heavy atom. The SMILES string of the molecule is O=C(N/N=C\c1cc([N+](=O)[O-])ccc1O)c1cc(Br)ccc1O. The van der Waals surface area contributed by atoms with Gasteiger partial charge in [-0.25, -0.2) is 5.43 Å². The maximum Gasteiger partial charge on any atom is 0.275 e. The molecular formula is C14H10BrN3O5. The van der Waals surface area contributed by atoms with Crippen molar-refractivity contribution in [1.29, 1.82) is 0 Å². The van der Waals surface area contributed by atoms with E-state index in [2.05, 4.69) is 26.5 Å². The van der Waals surface area contributed by atoms with Crippen molar-refractivity contribution in [2.24, 2.45) is 5.10 Å².